The van der Waals surface area contributed by atoms with Gasteiger partial charge in [-0.2, -0.15) is 0 Å². The minimum absolute atomic E-state index is 0.0865. The van der Waals surface area contributed by atoms with Crippen LogP contribution in [0.1, 0.15) is 27.1 Å². The molecule has 2 aliphatic rings. The van der Waals surface area contributed by atoms with Crippen LogP contribution in [-0.2, 0) is 0 Å². The number of amides is 2. The Hall–Kier alpha value is -3.35. The molecule has 27 heavy (non-hydrogen) atoms. The van der Waals surface area contributed by atoms with Gasteiger partial charge in [0.15, 0.2) is 0 Å². The van der Waals surface area contributed by atoms with Crippen molar-refractivity contribution in [2.45, 2.75) is 18.5 Å². The zero-order valence-corrected chi connectivity index (χ0v) is 14.6. The second-order valence-corrected chi connectivity index (χ2v) is 7.15. The van der Waals surface area contributed by atoms with Crippen LogP contribution in [0.25, 0.3) is 11.0 Å². The van der Waals surface area contributed by atoms with Crippen molar-refractivity contribution in [3.05, 3.63) is 59.7 Å². The predicted octanol–water partition coefficient (Wildman–Crippen LogP) is 1.77. The highest BCUT2D eigenvalue weighted by molar-refractivity contribution is 6.04. The molecule has 5 rings (SSSR count). The Bertz CT molecular complexity index is 1040. The van der Waals surface area contributed by atoms with Gasteiger partial charge in [-0.15, -0.1) is 0 Å². The van der Waals surface area contributed by atoms with Crippen LogP contribution in [0.5, 0.6) is 0 Å². The number of nitrogens with zero attached hydrogens (tertiary/aromatic N) is 3. The molecule has 3 heterocycles. The lowest BCUT2D eigenvalue weighted by Gasteiger charge is -2.34. The van der Waals surface area contributed by atoms with Gasteiger partial charge in [0.05, 0.1) is 23.2 Å². The van der Waals surface area contributed by atoms with Gasteiger partial charge in [0.1, 0.15) is 5.52 Å². The molecule has 2 bridgehead atoms. The van der Waals surface area contributed by atoms with Crippen LogP contribution < -0.4 is 10.6 Å². The summed E-state index contributed by atoms with van der Waals surface area (Å²) in [6, 6.07) is 15.2. The lowest BCUT2D eigenvalue weighted by molar-refractivity contribution is 0.0725. The summed E-state index contributed by atoms with van der Waals surface area (Å²) in [6.45, 7) is 1.41. The number of hydrogen-bond donors (Lipinski definition) is 2. The SMILES string of the molecule is NC(=O)c1cccc2[nH]c(N3C[C@@H]4C[C@@H]3CN4C(=O)c3ccccc3)nc12. The number of piperazine rings is 1. The maximum atomic E-state index is 12.8. The van der Waals surface area contributed by atoms with Gasteiger partial charge in [-0.3, -0.25) is 9.59 Å². The number of primary amides is 1. The average Bonchev–Trinajstić information content (AvgIpc) is 3.40. The smallest absolute Gasteiger partial charge is 0.254 e. The number of fused-ring (bicyclic) bond motifs is 3. The van der Waals surface area contributed by atoms with Crippen LogP contribution >= 0.6 is 0 Å². The molecule has 1 aromatic heterocycles. The fourth-order valence-electron chi connectivity index (χ4n) is 4.28. The van der Waals surface area contributed by atoms with Gasteiger partial charge in [0, 0.05) is 18.7 Å². The summed E-state index contributed by atoms with van der Waals surface area (Å²) in [5, 5.41) is 0. The monoisotopic (exact) mass is 361 g/mol. The Labute approximate surface area is 155 Å². The topological polar surface area (TPSA) is 95.3 Å². The maximum Gasteiger partial charge on any atom is 0.254 e. The van der Waals surface area contributed by atoms with Crippen LogP contribution in [0.3, 0.4) is 0 Å². The van der Waals surface area contributed by atoms with Crippen molar-refractivity contribution in [3.63, 3.8) is 0 Å². The van der Waals surface area contributed by atoms with Gasteiger partial charge in [0.25, 0.3) is 11.8 Å². The first kappa shape index (κ1) is 15.9. The van der Waals surface area contributed by atoms with E-state index in [0.717, 1.165) is 30.0 Å². The second kappa shape index (κ2) is 5.84. The molecule has 7 nitrogen and oxygen atoms in total. The van der Waals surface area contributed by atoms with Crippen molar-refractivity contribution in [3.8, 4) is 0 Å². The van der Waals surface area contributed by atoms with Crippen molar-refractivity contribution in [1.29, 1.82) is 0 Å². The number of aromatic amines is 1. The van der Waals surface area contributed by atoms with E-state index in [0.29, 0.717) is 17.6 Å². The van der Waals surface area contributed by atoms with Crippen molar-refractivity contribution in [1.82, 2.24) is 14.9 Å². The molecule has 3 N–H and O–H groups in total. The van der Waals surface area contributed by atoms with Crippen molar-refractivity contribution in [2.75, 3.05) is 18.0 Å². The molecular weight excluding hydrogens is 342 g/mol. The Kier molecular flexibility index (Phi) is 3.43. The summed E-state index contributed by atoms with van der Waals surface area (Å²) in [5.74, 6) is 0.336. The zero-order valence-electron chi connectivity index (χ0n) is 14.6. The number of aromatic nitrogens is 2. The van der Waals surface area contributed by atoms with E-state index >= 15 is 0 Å². The van der Waals surface area contributed by atoms with Gasteiger partial charge >= 0.3 is 0 Å². The van der Waals surface area contributed by atoms with Crippen molar-refractivity contribution in [2.24, 2.45) is 5.73 Å². The number of nitrogens with one attached hydrogen (secondary N) is 1. The highest BCUT2D eigenvalue weighted by Crippen LogP contribution is 2.35. The van der Waals surface area contributed by atoms with Crippen LogP contribution in [0.4, 0.5) is 5.95 Å². The number of anilines is 1. The Morgan fingerprint density at radius 1 is 1.04 bits per heavy atom. The van der Waals surface area contributed by atoms with Crippen molar-refractivity contribution < 1.29 is 9.59 Å². The molecule has 2 atom stereocenters. The van der Waals surface area contributed by atoms with Crippen molar-refractivity contribution >= 4 is 28.8 Å². The van der Waals surface area contributed by atoms with E-state index < -0.39 is 5.91 Å². The number of H-pyrrole nitrogens is 1. The van der Waals surface area contributed by atoms with Crippen LogP contribution in [-0.4, -0.2) is 51.9 Å². The fourth-order valence-corrected chi connectivity index (χ4v) is 4.28. The van der Waals surface area contributed by atoms with Gasteiger partial charge < -0.3 is 20.5 Å². The summed E-state index contributed by atoms with van der Waals surface area (Å²) in [6.07, 6.45) is 0.929. The van der Waals surface area contributed by atoms with E-state index in [-0.39, 0.29) is 18.0 Å². The molecule has 3 aromatic rings. The lowest BCUT2D eigenvalue weighted by Crippen LogP contribution is -2.49. The van der Waals surface area contributed by atoms with E-state index in [1.165, 1.54) is 0 Å². The van der Waals surface area contributed by atoms with Gasteiger partial charge in [0.2, 0.25) is 5.95 Å². The molecule has 0 spiro atoms. The largest absolute Gasteiger partial charge is 0.366 e. The fraction of sp³-hybridized carbons (Fsp3) is 0.250. The molecule has 7 heteroatoms. The first-order chi connectivity index (χ1) is 13.1. The number of benzene rings is 2. The third-order valence-electron chi connectivity index (χ3n) is 5.56. The van der Waals surface area contributed by atoms with E-state index in [9.17, 15) is 9.59 Å². The second-order valence-electron chi connectivity index (χ2n) is 7.15. The van der Waals surface area contributed by atoms with Crippen LogP contribution in [0, 0.1) is 0 Å². The zero-order chi connectivity index (χ0) is 18.5. The van der Waals surface area contributed by atoms with Gasteiger partial charge in [-0.05, 0) is 30.7 Å². The molecule has 2 aliphatic heterocycles. The summed E-state index contributed by atoms with van der Waals surface area (Å²) in [5.41, 5.74) is 7.99. The van der Waals surface area contributed by atoms with Crippen LogP contribution in [0.15, 0.2) is 48.5 Å². The quantitative estimate of drug-likeness (QED) is 0.743. The molecule has 0 saturated carbocycles. The van der Waals surface area contributed by atoms with Gasteiger partial charge in [-0.25, -0.2) is 4.98 Å². The Balaban J connectivity index is 1.40. The van der Waals surface area contributed by atoms with Gasteiger partial charge in [-0.1, -0.05) is 24.3 Å². The molecule has 2 saturated heterocycles. The van der Waals surface area contributed by atoms with E-state index in [2.05, 4.69) is 14.9 Å². The van der Waals surface area contributed by atoms with E-state index in [1.54, 1.807) is 12.1 Å². The number of carbonyl (C=O) groups excluding carboxylic acids is 2. The Morgan fingerprint density at radius 2 is 1.85 bits per heavy atom. The molecule has 0 radical (unpaired) electrons. The molecule has 2 aromatic carbocycles. The predicted molar refractivity (Wildman–Crippen MR) is 102 cm³/mol. The number of nitrogens with two attached hydrogens (primary N) is 1. The average molecular weight is 361 g/mol. The third kappa shape index (κ3) is 2.46. The molecule has 2 fully saturated rings. The molecule has 0 unspecified atom stereocenters. The highest BCUT2D eigenvalue weighted by Gasteiger charge is 2.46. The minimum atomic E-state index is -0.485. The number of carbonyl (C=O) groups is 2. The first-order valence-electron chi connectivity index (χ1n) is 9.03. The number of rotatable bonds is 3. The van der Waals surface area contributed by atoms with E-state index in [1.807, 2.05) is 41.3 Å². The summed E-state index contributed by atoms with van der Waals surface area (Å²) >= 11 is 0. The maximum absolute atomic E-state index is 12.8. The first-order valence-corrected chi connectivity index (χ1v) is 9.03. The highest BCUT2D eigenvalue weighted by atomic mass is 16.2. The summed E-state index contributed by atoms with van der Waals surface area (Å²) in [7, 11) is 0. The summed E-state index contributed by atoms with van der Waals surface area (Å²) < 4.78 is 0. The minimum Gasteiger partial charge on any atom is -0.366 e. The standard InChI is InChI=1S/C20H19N5O2/c21-18(26)15-7-4-8-16-17(15)23-20(22-16)25-11-13-9-14(25)10-24(13)19(27)12-5-2-1-3-6-12/h1-8,13-14H,9-11H2,(H2,21,26)(H,22,23)/t13-,14+/m0/s1. The number of para-hydroxylation sites is 1. The lowest BCUT2D eigenvalue weighted by atomic mass is 10.2. The molecule has 2 amide bonds. The van der Waals surface area contributed by atoms with E-state index in [4.69, 9.17) is 5.73 Å². The molecule has 136 valence electrons. The number of hydrogen-bond acceptors (Lipinski definition) is 4. The summed E-state index contributed by atoms with van der Waals surface area (Å²) in [4.78, 5) is 36.5. The Morgan fingerprint density at radius 3 is 2.56 bits per heavy atom. The normalized spacial score (nSPS) is 21.2. The molecular formula is C20H19N5O2. The third-order valence-corrected chi connectivity index (χ3v) is 5.56. The number of imidazole rings is 1. The number of likely N-dealkylation sites (tertiary alicyclic amines) is 1. The molecule has 0 aliphatic carbocycles. The van der Waals surface area contributed by atoms with Crippen LogP contribution in [0.2, 0.25) is 0 Å².